The Morgan fingerprint density at radius 2 is 1.83 bits per heavy atom. The number of benzene rings is 1. The van der Waals surface area contributed by atoms with Gasteiger partial charge in [-0.2, -0.15) is 5.10 Å². The van der Waals surface area contributed by atoms with E-state index in [1.165, 1.54) is 16.4 Å². The van der Waals surface area contributed by atoms with E-state index in [9.17, 15) is 9.18 Å². The van der Waals surface area contributed by atoms with Gasteiger partial charge in [0, 0.05) is 5.75 Å². The molecule has 6 heteroatoms. The first kappa shape index (κ1) is 19.0. The van der Waals surface area contributed by atoms with Crippen LogP contribution in [0.3, 0.4) is 0 Å². The summed E-state index contributed by atoms with van der Waals surface area (Å²) in [6.07, 6.45) is 2.96. The highest BCUT2D eigenvalue weighted by Crippen LogP contribution is 2.27. The molecule has 0 saturated heterocycles. The molecular formula is C18H22ClFN2OS. The average molecular weight is 369 g/mol. The molecule has 0 bridgehead atoms. The molecule has 3 nitrogen and oxygen atoms in total. The number of halogens is 2. The molecule has 0 fully saturated rings. The standard InChI is InChI=1S/C18H22ClFN2OS/c1-18(2,3)22-17(23)16(19)15(11-21-22)24-12-14-8-6-13(7-9-14)5-4-10-20/h6-9,11H,4-5,10,12H2,1-3H3. The van der Waals surface area contributed by atoms with Crippen LogP contribution in [-0.2, 0) is 17.7 Å². The Kier molecular flexibility index (Phi) is 6.47. The van der Waals surface area contributed by atoms with Crippen LogP contribution < -0.4 is 5.56 Å². The van der Waals surface area contributed by atoms with Crippen molar-refractivity contribution in [3.63, 3.8) is 0 Å². The maximum Gasteiger partial charge on any atom is 0.287 e. The first-order chi connectivity index (χ1) is 11.3. The van der Waals surface area contributed by atoms with E-state index in [1.807, 2.05) is 45.0 Å². The minimum atomic E-state index is -0.403. The van der Waals surface area contributed by atoms with Crippen molar-refractivity contribution >= 4 is 23.4 Å². The molecule has 2 rings (SSSR count). The average Bonchev–Trinajstić information content (AvgIpc) is 2.54. The lowest BCUT2D eigenvalue weighted by Crippen LogP contribution is -2.36. The second kappa shape index (κ2) is 8.17. The fourth-order valence-corrected chi connectivity index (χ4v) is 3.37. The highest BCUT2D eigenvalue weighted by molar-refractivity contribution is 7.98. The Labute approximate surface area is 151 Å². The summed E-state index contributed by atoms with van der Waals surface area (Å²) in [6.45, 7) is 5.45. The van der Waals surface area contributed by atoms with Crippen molar-refractivity contribution < 1.29 is 4.39 Å². The summed E-state index contributed by atoms with van der Waals surface area (Å²) in [5.41, 5.74) is 1.59. The Balaban J connectivity index is 2.07. The van der Waals surface area contributed by atoms with Gasteiger partial charge in [-0.25, -0.2) is 4.68 Å². The second-order valence-electron chi connectivity index (χ2n) is 6.61. The summed E-state index contributed by atoms with van der Waals surface area (Å²) < 4.78 is 13.6. The van der Waals surface area contributed by atoms with E-state index >= 15 is 0 Å². The molecule has 0 aliphatic rings. The van der Waals surface area contributed by atoms with Crippen LogP contribution in [0.4, 0.5) is 4.39 Å². The van der Waals surface area contributed by atoms with Gasteiger partial charge in [-0.05, 0) is 44.7 Å². The summed E-state index contributed by atoms with van der Waals surface area (Å²) in [4.78, 5) is 13.0. The van der Waals surface area contributed by atoms with E-state index in [0.29, 0.717) is 17.1 Å². The number of hydrogen-bond acceptors (Lipinski definition) is 3. The maximum atomic E-state index is 12.3. The normalized spacial score (nSPS) is 11.7. The minimum Gasteiger partial charge on any atom is -0.266 e. The summed E-state index contributed by atoms with van der Waals surface area (Å²) in [5.74, 6) is 0.698. The molecule has 0 unspecified atom stereocenters. The molecule has 2 aromatic rings. The van der Waals surface area contributed by atoms with Crippen LogP contribution in [-0.4, -0.2) is 16.5 Å². The third kappa shape index (κ3) is 4.84. The third-order valence-corrected chi connectivity index (χ3v) is 5.11. The molecule has 1 aromatic carbocycles. The van der Waals surface area contributed by atoms with Crippen molar-refractivity contribution in [1.82, 2.24) is 9.78 Å². The van der Waals surface area contributed by atoms with Crippen LogP contribution in [0.5, 0.6) is 0 Å². The zero-order chi connectivity index (χ0) is 17.7. The van der Waals surface area contributed by atoms with E-state index in [4.69, 9.17) is 11.6 Å². The van der Waals surface area contributed by atoms with E-state index in [-0.39, 0.29) is 17.3 Å². The predicted octanol–water partition coefficient (Wildman–Crippen LogP) is 4.85. The van der Waals surface area contributed by atoms with Gasteiger partial charge >= 0.3 is 0 Å². The van der Waals surface area contributed by atoms with Gasteiger partial charge in [-0.15, -0.1) is 11.8 Å². The van der Waals surface area contributed by atoms with Crippen LogP contribution in [0.2, 0.25) is 5.02 Å². The molecule has 1 aromatic heterocycles. The second-order valence-corrected chi connectivity index (χ2v) is 8.00. The molecule has 0 amide bonds. The highest BCUT2D eigenvalue weighted by atomic mass is 35.5. The van der Waals surface area contributed by atoms with Crippen molar-refractivity contribution in [2.75, 3.05) is 6.67 Å². The molecule has 0 saturated carbocycles. The number of alkyl halides is 1. The van der Waals surface area contributed by atoms with Crippen LogP contribution in [0.1, 0.15) is 38.3 Å². The minimum absolute atomic E-state index is 0.212. The molecule has 130 valence electrons. The SMILES string of the molecule is CC(C)(C)n1ncc(SCc2ccc(CCCF)cc2)c(Cl)c1=O. The summed E-state index contributed by atoms with van der Waals surface area (Å²) in [5, 5.41) is 4.45. The fourth-order valence-electron chi connectivity index (χ4n) is 2.23. The Morgan fingerprint density at radius 3 is 2.42 bits per heavy atom. The smallest absolute Gasteiger partial charge is 0.266 e. The maximum absolute atomic E-state index is 12.3. The van der Waals surface area contributed by atoms with E-state index in [2.05, 4.69) is 5.10 Å². The van der Waals surface area contributed by atoms with E-state index in [0.717, 1.165) is 17.5 Å². The largest absolute Gasteiger partial charge is 0.287 e. The van der Waals surface area contributed by atoms with Gasteiger partial charge in [0.2, 0.25) is 0 Å². The monoisotopic (exact) mass is 368 g/mol. The fraction of sp³-hybridized carbons (Fsp3) is 0.444. The lowest BCUT2D eigenvalue weighted by atomic mass is 10.1. The lowest BCUT2D eigenvalue weighted by Gasteiger charge is -2.21. The van der Waals surface area contributed by atoms with Gasteiger partial charge in [0.1, 0.15) is 5.02 Å². The third-order valence-electron chi connectivity index (χ3n) is 3.54. The number of aromatic nitrogens is 2. The van der Waals surface area contributed by atoms with Crippen molar-refractivity contribution in [3.05, 3.63) is 57.0 Å². The van der Waals surface area contributed by atoms with Crippen molar-refractivity contribution in [2.24, 2.45) is 0 Å². The molecular weight excluding hydrogens is 347 g/mol. The topological polar surface area (TPSA) is 34.9 Å². The van der Waals surface area contributed by atoms with Gasteiger partial charge < -0.3 is 0 Å². The van der Waals surface area contributed by atoms with E-state index < -0.39 is 5.54 Å². The Hall–Kier alpha value is -1.33. The van der Waals surface area contributed by atoms with Crippen LogP contribution in [0.15, 0.2) is 40.2 Å². The van der Waals surface area contributed by atoms with Gasteiger partial charge in [0.25, 0.3) is 5.56 Å². The predicted molar refractivity (Wildman–Crippen MR) is 98.8 cm³/mol. The zero-order valence-corrected chi connectivity index (χ0v) is 15.8. The number of aryl methyl sites for hydroxylation is 1. The summed E-state index contributed by atoms with van der Waals surface area (Å²) >= 11 is 7.71. The van der Waals surface area contributed by atoms with Crippen LogP contribution >= 0.6 is 23.4 Å². The zero-order valence-electron chi connectivity index (χ0n) is 14.2. The lowest BCUT2D eigenvalue weighted by molar-refractivity contribution is 0.336. The van der Waals surface area contributed by atoms with Crippen molar-refractivity contribution in [1.29, 1.82) is 0 Å². The number of thioether (sulfide) groups is 1. The van der Waals surface area contributed by atoms with Crippen molar-refractivity contribution in [3.8, 4) is 0 Å². The Bertz CT molecular complexity index is 738. The van der Waals surface area contributed by atoms with E-state index in [1.54, 1.807) is 6.20 Å². The van der Waals surface area contributed by atoms with Crippen LogP contribution in [0.25, 0.3) is 0 Å². The molecule has 1 heterocycles. The molecule has 0 spiro atoms. The first-order valence-corrected chi connectivity index (χ1v) is 9.24. The van der Waals surface area contributed by atoms with Crippen LogP contribution in [0, 0.1) is 0 Å². The molecule has 0 N–H and O–H groups in total. The first-order valence-electron chi connectivity index (χ1n) is 7.88. The summed E-state index contributed by atoms with van der Waals surface area (Å²) in [6, 6.07) is 8.09. The molecule has 24 heavy (non-hydrogen) atoms. The number of hydrogen-bond donors (Lipinski definition) is 0. The summed E-state index contributed by atoms with van der Waals surface area (Å²) in [7, 11) is 0. The molecule has 0 aliphatic heterocycles. The van der Waals surface area contributed by atoms with Crippen molar-refractivity contribution in [2.45, 2.75) is 49.8 Å². The number of nitrogens with zero attached hydrogens (tertiary/aromatic N) is 2. The van der Waals surface area contributed by atoms with Gasteiger partial charge in [-0.3, -0.25) is 9.18 Å². The van der Waals surface area contributed by atoms with Gasteiger partial charge in [0.05, 0.1) is 23.3 Å². The Morgan fingerprint density at radius 1 is 1.21 bits per heavy atom. The number of rotatable bonds is 6. The molecule has 0 atom stereocenters. The quantitative estimate of drug-likeness (QED) is 0.684. The molecule has 0 radical (unpaired) electrons. The van der Waals surface area contributed by atoms with Gasteiger partial charge in [0.15, 0.2) is 0 Å². The molecule has 0 aliphatic carbocycles. The highest BCUT2D eigenvalue weighted by Gasteiger charge is 2.19. The van der Waals surface area contributed by atoms with Gasteiger partial charge in [-0.1, -0.05) is 35.9 Å².